The Labute approximate surface area is 213 Å². The predicted octanol–water partition coefficient (Wildman–Crippen LogP) is 6.97. The Morgan fingerprint density at radius 3 is 2.53 bits per heavy atom. The zero-order chi connectivity index (χ0) is 25.4. The Kier molecular flexibility index (Phi) is 6.18. The molecule has 1 aliphatic carbocycles. The van der Waals surface area contributed by atoms with Gasteiger partial charge < -0.3 is 14.0 Å². The van der Waals surface area contributed by atoms with E-state index >= 15 is 0 Å². The van der Waals surface area contributed by atoms with E-state index in [0.29, 0.717) is 27.7 Å². The Balaban J connectivity index is 1.38. The lowest BCUT2D eigenvalue weighted by atomic mass is 9.93. The molecule has 3 aromatic carbocycles. The molecule has 1 N–H and O–H groups in total. The molecule has 0 bridgehead atoms. The van der Waals surface area contributed by atoms with E-state index < -0.39 is 17.6 Å². The highest BCUT2D eigenvalue weighted by atomic mass is 35.5. The summed E-state index contributed by atoms with van der Waals surface area (Å²) in [6, 6.07) is 19.0. The van der Waals surface area contributed by atoms with Gasteiger partial charge in [0, 0.05) is 16.1 Å². The van der Waals surface area contributed by atoms with Crippen LogP contribution in [0.3, 0.4) is 0 Å². The van der Waals surface area contributed by atoms with Gasteiger partial charge in [-0.1, -0.05) is 65.3 Å². The van der Waals surface area contributed by atoms with E-state index in [1.165, 1.54) is 7.11 Å². The van der Waals surface area contributed by atoms with Crippen molar-refractivity contribution in [2.45, 2.75) is 38.2 Å². The van der Waals surface area contributed by atoms with Crippen LogP contribution in [0.1, 0.15) is 42.7 Å². The molecule has 7 nitrogen and oxygen atoms in total. The number of nitrogens with zero attached hydrogens (tertiary/aromatic N) is 1. The molecule has 8 heteroatoms. The number of hydrogen-bond acceptors (Lipinski definition) is 6. The molecule has 1 aromatic heterocycles. The van der Waals surface area contributed by atoms with Gasteiger partial charge in [0.05, 0.1) is 12.5 Å². The summed E-state index contributed by atoms with van der Waals surface area (Å²) in [5, 5.41) is 9.29. The average molecular weight is 505 g/mol. The van der Waals surface area contributed by atoms with Crippen LogP contribution >= 0.6 is 11.6 Å². The first-order valence-electron chi connectivity index (χ1n) is 11.6. The second-order valence-corrected chi connectivity index (χ2v) is 9.42. The fourth-order valence-electron chi connectivity index (χ4n) is 4.49. The third-order valence-corrected chi connectivity index (χ3v) is 7.04. The maximum atomic E-state index is 12.7. The molecule has 0 aliphatic heterocycles. The number of aryl methyl sites for hydroxylation is 1. The summed E-state index contributed by atoms with van der Waals surface area (Å²) in [4.78, 5) is 25.0. The van der Waals surface area contributed by atoms with E-state index in [9.17, 15) is 9.59 Å². The smallest absolute Gasteiger partial charge is 0.412 e. The number of fused-ring (bicyclic) bond motifs is 1. The zero-order valence-electron chi connectivity index (χ0n) is 20.1. The number of anilines is 1. The van der Waals surface area contributed by atoms with E-state index in [4.69, 9.17) is 25.6 Å². The monoisotopic (exact) mass is 504 g/mol. The number of ether oxygens (including phenoxy) is 2. The largest absolute Gasteiger partial charge is 0.468 e. The molecule has 1 heterocycles. The lowest BCUT2D eigenvalue weighted by Gasteiger charge is -2.15. The number of esters is 1. The number of methoxy groups -OCH3 is 1. The van der Waals surface area contributed by atoms with E-state index in [1.54, 1.807) is 19.9 Å². The molecule has 1 aliphatic rings. The molecule has 0 spiro atoms. The molecule has 0 saturated heterocycles. The summed E-state index contributed by atoms with van der Waals surface area (Å²) >= 11 is 6.22. The molecule has 1 atom stereocenters. The Morgan fingerprint density at radius 1 is 1.08 bits per heavy atom. The maximum absolute atomic E-state index is 12.7. The van der Waals surface area contributed by atoms with Gasteiger partial charge in [0.1, 0.15) is 17.5 Å². The van der Waals surface area contributed by atoms with Gasteiger partial charge in [0.2, 0.25) is 0 Å². The van der Waals surface area contributed by atoms with E-state index in [-0.39, 0.29) is 5.97 Å². The van der Waals surface area contributed by atoms with E-state index in [2.05, 4.69) is 10.5 Å². The summed E-state index contributed by atoms with van der Waals surface area (Å²) in [7, 11) is 1.42. The average Bonchev–Trinajstić information content (AvgIpc) is 3.62. The highest BCUT2D eigenvalue weighted by molar-refractivity contribution is 6.31. The number of carbonyl (C=O) groups excluding carboxylic acids is 2. The van der Waals surface area contributed by atoms with Gasteiger partial charge in [-0.05, 0) is 55.2 Å². The summed E-state index contributed by atoms with van der Waals surface area (Å²) in [5.41, 5.74) is 2.86. The van der Waals surface area contributed by atoms with E-state index in [1.807, 2.05) is 54.6 Å². The highest BCUT2D eigenvalue weighted by Crippen LogP contribution is 2.49. The van der Waals surface area contributed by atoms with Crippen molar-refractivity contribution in [2.75, 3.05) is 12.4 Å². The second kappa shape index (κ2) is 9.32. The number of hydrogen-bond donors (Lipinski definition) is 1. The molecular formula is C28H25ClN2O5. The van der Waals surface area contributed by atoms with Gasteiger partial charge in [-0.3, -0.25) is 10.1 Å². The molecule has 5 rings (SSSR count). The van der Waals surface area contributed by atoms with E-state index in [0.717, 1.165) is 34.7 Å². The number of amides is 1. The lowest BCUT2D eigenvalue weighted by Crippen LogP contribution is -2.21. The van der Waals surface area contributed by atoms with Crippen LogP contribution in [0.5, 0.6) is 0 Å². The van der Waals surface area contributed by atoms with Gasteiger partial charge in [0.25, 0.3) is 0 Å². The Hall–Kier alpha value is -3.84. The summed E-state index contributed by atoms with van der Waals surface area (Å²) in [6.45, 7) is 3.50. The van der Waals surface area contributed by atoms with Crippen LogP contribution in [-0.4, -0.2) is 24.3 Å². The van der Waals surface area contributed by atoms with Crippen LogP contribution in [-0.2, 0) is 19.7 Å². The predicted molar refractivity (Wildman–Crippen MR) is 137 cm³/mol. The number of carbonyl (C=O) groups is 2. The van der Waals surface area contributed by atoms with Crippen LogP contribution in [0.25, 0.3) is 22.1 Å². The van der Waals surface area contributed by atoms with Crippen LogP contribution < -0.4 is 5.32 Å². The van der Waals surface area contributed by atoms with Gasteiger partial charge in [0.15, 0.2) is 5.76 Å². The van der Waals surface area contributed by atoms with Crippen molar-refractivity contribution in [2.24, 2.45) is 0 Å². The van der Waals surface area contributed by atoms with Crippen LogP contribution in [0.2, 0.25) is 5.02 Å². The first kappa shape index (κ1) is 23.9. The third kappa shape index (κ3) is 4.31. The van der Waals surface area contributed by atoms with Crippen molar-refractivity contribution in [3.63, 3.8) is 0 Å². The van der Waals surface area contributed by atoms with Crippen molar-refractivity contribution in [3.8, 4) is 11.3 Å². The normalized spacial score (nSPS) is 14.8. The number of nitrogens with one attached hydrogen (secondary N) is 1. The molecule has 1 fully saturated rings. The summed E-state index contributed by atoms with van der Waals surface area (Å²) < 4.78 is 16.1. The maximum Gasteiger partial charge on any atom is 0.412 e. The standard InChI is InChI=1S/C28H25ClN2O5/c1-16-24(30-27(33)35-17(2)22-6-4-5-7-23(22)29)25(36-31-16)20-9-8-19-15-21(11-10-18(19)14-20)28(12-13-28)26(32)34-3/h4-11,14-15,17H,12-13H2,1-3H3,(H,30,33)/t17-/m1/s1. The van der Waals surface area contributed by atoms with Gasteiger partial charge in [-0.25, -0.2) is 4.79 Å². The van der Waals surface area contributed by atoms with Crippen LogP contribution in [0.15, 0.2) is 65.2 Å². The fraction of sp³-hybridized carbons (Fsp3) is 0.250. The second-order valence-electron chi connectivity index (χ2n) is 9.02. The molecule has 1 amide bonds. The number of benzene rings is 3. The van der Waals surface area contributed by atoms with Crippen molar-refractivity contribution in [1.82, 2.24) is 5.16 Å². The number of rotatable bonds is 6. The van der Waals surface area contributed by atoms with Crippen LogP contribution in [0.4, 0.5) is 10.5 Å². The summed E-state index contributed by atoms with van der Waals surface area (Å²) in [5.74, 6) is 0.233. The quantitative estimate of drug-likeness (QED) is 0.285. The molecule has 184 valence electrons. The zero-order valence-corrected chi connectivity index (χ0v) is 20.9. The Morgan fingerprint density at radius 2 is 1.81 bits per heavy atom. The van der Waals surface area contributed by atoms with Gasteiger partial charge >= 0.3 is 12.1 Å². The lowest BCUT2D eigenvalue weighted by molar-refractivity contribution is -0.143. The first-order chi connectivity index (χ1) is 17.3. The number of halogens is 1. The van der Waals surface area contributed by atoms with Crippen molar-refractivity contribution >= 4 is 40.1 Å². The van der Waals surface area contributed by atoms with Crippen molar-refractivity contribution in [3.05, 3.63) is 82.5 Å². The highest BCUT2D eigenvalue weighted by Gasteiger charge is 2.52. The third-order valence-electron chi connectivity index (χ3n) is 6.70. The molecule has 4 aromatic rings. The minimum Gasteiger partial charge on any atom is -0.468 e. The van der Waals surface area contributed by atoms with Crippen LogP contribution in [0, 0.1) is 6.92 Å². The number of aromatic nitrogens is 1. The minimum absolute atomic E-state index is 0.193. The Bertz CT molecular complexity index is 1470. The van der Waals surface area contributed by atoms with Crippen molar-refractivity contribution < 1.29 is 23.6 Å². The molecule has 1 saturated carbocycles. The molecule has 0 radical (unpaired) electrons. The summed E-state index contributed by atoms with van der Waals surface area (Å²) in [6.07, 6.45) is 0.400. The minimum atomic E-state index is -0.641. The SMILES string of the molecule is COC(=O)C1(c2ccc3cc(-c4onc(C)c4NC(=O)O[C@H](C)c4ccccc4Cl)ccc3c2)CC1. The molecule has 0 unspecified atom stereocenters. The first-order valence-corrected chi connectivity index (χ1v) is 12.0. The topological polar surface area (TPSA) is 90.7 Å². The van der Waals surface area contributed by atoms with Crippen molar-refractivity contribution in [1.29, 1.82) is 0 Å². The van der Waals surface area contributed by atoms with Gasteiger partial charge in [-0.15, -0.1) is 0 Å². The molecular weight excluding hydrogens is 480 g/mol. The van der Waals surface area contributed by atoms with Gasteiger partial charge in [-0.2, -0.15) is 0 Å². The molecule has 36 heavy (non-hydrogen) atoms. The fourth-order valence-corrected chi connectivity index (χ4v) is 4.78.